The maximum atomic E-state index is 12.9. The van der Waals surface area contributed by atoms with Crippen molar-refractivity contribution in [2.75, 3.05) is 53.0 Å². The van der Waals surface area contributed by atoms with Crippen LogP contribution in [0.2, 0.25) is 0 Å². The largest absolute Gasteiger partial charge is 0.492 e. The van der Waals surface area contributed by atoms with Crippen LogP contribution in [0.5, 0.6) is 5.75 Å². The van der Waals surface area contributed by atoms with Crippen LogP contribution in [-0.4, -0.2) is 74.8 Å². The molecule has 0 saturated carbocycles. The first-order valence-corrected chi connectivity index (χ1v) is 8.63. The number of hydrogen-bond donors (Lipinski definition) is 1. The lowest BCUT2D eigenvalue weighted by atomic mass is 10.1. The van der Waals surface area contributed by atoms with E-state index in [1.807, 2.05) is 29.2 Å². The van der Waals surface area contributed by atoms with Gasteiger partial charge in [-0.2, -0.15) is 0 Å². The summed E-state index contributed by atoms with van der Waals surface area (Å²) in [6.07, 6.45) is 0.396. The summed E-state index contributed by atoms with van der Waals surface area (Å²) < 4.78 is 11.3. The molecule has 0 aliphatic carbocycles. The number of nitrogens with two attached hydrogens (primary N) is 1. The quantitative estimate of drug-likeness (QED) is 0.842. The lowest BCUT2D eigenvalue weighted by Crippen LogP contribution is -2.46. The number of carbonyl (C=O) groups excluding carboxylic acids is 1. The van der Waals surface area contributed by atoms with Crippen LogP contribution in [0.15, 0.2) is 24.3 Å². The van der Waals surface area contributed by atoms with Gasteiger partial charge in [-0.3, -0.25) is 4.79 Å². The van der Waals surface area contributed by atoms with Crippen molar-refractivity contribution >= 4 is 5.91 Å². The minimum Gasteiger partial charge on any atom is -0.492 e. The summed E-state index contributed by atoms with van der Waals surface area (Å²) in [6.45, 7) is 4.99. The molecule has 132 valence electrons. The molecule has 6 heteroatoms. The second-order valence-corrected chi connectivity index (χ2v) is 6.79. The maximum Gasteiger partial charge on any atom is 0.227 e. The van der Waals surface area contributed by atoms with Crippen molar-refractivity contribution in [3.05, 3.63) is 29.8 Å². The molecule has 0 spiro atoms. The zero-order valence-corrected chi connectivity index (χ0v) is 14.3. The van der Waals surface area contributed by atoms with Gasteiger partial charge >= 0.3 is 0 Å². The standard InChI is InChI=1S/C18H27N3O3/c1-20-9-15-10-21(16(11-20)13-23-12-15)18(22)8-14-3-2-4-17(7-14)24-6-5-19/h2-4,7,15-16H,5-6,8-13,19H2,1H3/t15-,16-/m0/s1. The van der Waals surface area contributed by atoms with Crippen molar-refractivity contribution in [2.24, 2.45) is 11.7 Å². The van der Waals surface area contributed by atoms with Gasteiger partial charge in [0.15, 0.2) is 0 Å². The SMILES string of the molecule is CN1C[C@@H]2COC[C@H](C1)N(C(=O)Cc1cccc(OCCN)c1)C2. The Morgan fingerprint density at radius 3 is 3.04 bits per heavy atom. The summed E-state index contributed by atoms with van der Waals surface area (Å²) in [5, 5.41) is 0. The Bertz CT molecular complexity index is 566. The van der Waals surface area contributed by atoms with E-state index in [4.69, 9.17) is 15.2 Å². The summed E-state index contributed by atoms with van der Waals surface area (Å²) in [5.74, 6) is 1.33. The van der Waals surface area contributed by atoms with Gasteiger partial charge in [0, 0.05) is 32.1 Å². The van der Waals surface area contributed by atoms with Gasteiger partial charge in [-0.1, -0.05) is 12.1 Å². The number of benzene rings is 1. The maximum absolute atomic E-state index is 12.9. The number of hydrogen-bond acceptors (Lipinski definition) is 5. The molecule has 2 atom stereocenters. The highest BCUT2D eigenvalue weighted by molar-refractivity contribution is 5.79. The van der Waals surface area contributed by atoms with E-state index in [0.717, 1.165) is 37.6 Å². The second kappa shape index (κ2) is 7.96. The normalized spacial score (nSPS) is 24.5. The van der Waals surface area contributed by atoms with Crippen LogP contribution < -0.4 is 10.5 Å². The van der Waals surface area contributed by atoms with E-state index in [1.165, 1.54) is 0 Å². The molecule has 2 bridgehead atoms. The Kier molecular flexibility index (Phi) is 5.71. The first-order valence-electron chi connectivity index (χ1n) is 8.63. The Morgan fingerprint density at radius 2 is 2.21 bits per heavy atom. The van der Waals surface area contributed by atoms with E-state index < -0.39 is 0 Å². The number of rotatable bonds is 5. The molecule has 0 unspecified atom stereocenters. The third-order valence-electron chi connectivity index (χ3n) is 4.61. The van der Waals surface area contributed by atoms with Gasteiger partial charge in [-0.25, -0.2) is 0 Å². The van der Waals surface area contributed by atoms with Crippen LogP contribution in [0, 0.1) is 5.92 Å². The fraction of sp³-hybridized carbons (Fsp3) is 0.611. The van der Waals surface area contributed by atoms with E-state index in [2.05, 4.69) is 11.9 Å². The predicted molar refractivity (Wildman–Crippen MR) is 92.0 cm³/mol. The predicted octanol–water partition coefficient (Wildman–Crippen LogP) is 0.356. The highest BCUT2D eigenvalue weighted by Gasteiger charge is 2.34. The summed E-state index contributed by atoms with van der Waals surface area (Å²) in [6, 6.07) is 7.86. The van der Waals surface area contributed by atoms with E-state index in [0.29, 0.717) is 32.1 Å². The molecule has 2 fully saturated rings. The Morgan fingerprint density at radius 1 is 1.33 bits per heavy atom. The number of nitrogens with zero attached hydrogens (tertiary/aromatic N) is 2. The summed E-state index contributed by atoms with van der Waals surface area (Å²) in [4.78, 5) is 17.2. The fourth-order valence-corrected chi connectivity index (χ4v) is 3.58. The van der Waals surface area contributed by atoms with Crippen LogP contribution in [0.3, 0.4) is 0 Å². The molecule has 3 rings (SSSR count). The number of fused-ring (bicyclic) bond motifs is 3. The Balaban J connectivity index is 1.68. The number of amides is 1. The van der Waals surface area contributed by atoms with Crippen LogP contribution in [0.4, 0.5) is 0 Å². The number of carbonyl (C=O) groups is 1. The molecular formula is C18H27N3O3. The van der Waals surface area contributed by atoms with Gasteiger partial charge in [-0.05, 0) is 24.7 Å². The average molecular weight is 333 g/mol. The van der Waals surface area contributed by atoms with Crippen LogP contribution >= 0.6 is 0 Å². The third kappa shape index (κ3) is 4.26. The minimum atomic E-state index is 0.145. The monoisotopic (exact) mass is 333 g/mol. The molecular weight excluding hydrogens is 306 g/mol. The lowest BCUT2D eigenvalue weighted by molar-refractivity contribution is -0.133. The molecule has 2 saturated heterocycles. The number of likely N-dealkylation sites (N-methyl/N-ethyl adjacent to an activating group) is 1. The summed E-state index contributed by atoms with van der Waals surface area (Å²) >= 11 is 0. The van der Waals surface area contributed by atoms with Gasteiger partial charge in [0.25, 0.3) is 0 Å². The summed E-state index contributed by atoms with van der Waals surface area (Å²) in [5.41, 5.74) is 6.44. The second-order valence-electron chi connectivity index (χ2n) is 6.79. The van der Waals surface area contributed by atoms with Gasteiger partial charge in [0.1, 0.15) is 12.4 Å². The Hall–Kier alpha value is -1.63. The molecule has 24 heavy (non-hydrogen) atoms. The molecule has 2 N–H and O–H groups in total. The molecule has 2 aliphatic rings. The van der Waals surface area contributed by atoms with Crippen molar-refractivity contribution in [1.29, 1.82) is 0 Å². The van der Waals surface area contributed by atoms with E-state index in [9.17, 15) is 4.79 Å². The molecule has 1 aromatic rings. The fourth-order valence-electron chi connectivity index (χ4n) is 3.58. The molecule has 0 radical (unpaired) electrons. The number of ether oxygens (including phenoxy) is 2. The molecule has 1 aromatic carbocycles. The van der Waals surface area contributed by atoms with Gasteiger partial charge in [0.05, 0.1) is 25.7 Å². The van der Waals surface area contributed by atoms with Crippen molar-refractivity contribution < 1.29 is 14.3 Å². The lowest BCUT2D eigenvalue weighted by Gasteiger charge is -2.29. The van der Waals surface area contributed by atoms with Crippen molar-refractivity contribution in [1.82, 2.24) is 9.80 Å². The molecule has 1 amide bonds. The van der Waals surface area contributed by atoms with E-state index >= 15 is 0 Å². The molecule has 2 aliphatic heterocycles. The van der Waals surface area contributed by atoms with Crippen LogP contribution in [-0.2, 0) is 16.0 Å². The highest BCUT2D eigenvalue weighted by Crippen LogP contribution is 2.21. The molecule has 0 aromatic heterocycles. The smallest absolute Gasteiger partial charge is 0.227 e. The first-order chi connectivity index (χ1) is 11.7. The summed E-state index contributed by atoms with van der Waals surface area (Å²) in [7, 11) is 2.12. The average Bonchev–Trinajstić information content (AvgIpc) is 2.83. The van der Waals surface area contributed by atoms with E-state index in [-0.39, 0.29) is 11.9 Å². The highest BCUT2D eigenvalue weighted by atomic mass is 16.5. The van der Waals surface area contributed by atoms with Gasteiger partial charge in [-0.15, -0.1) is 0 Å². The van der Waals surface area contributed by atoms with Crippen LogP contribution in [0.1, 0.15) is 5.56 Å². The van der Waals surface area contributed by atoms with E-state index in [1.54, 1.807) is 0 Å². The Labute approximate surface area is 143 Å². The van der Waals surface area contributed by atoms with Crippen molar-refractivity contribution in [2.45, 2.75) is 12.5 Å². The van der Waals surface area contributed by atoms with Crippen molar-refractivity contribution in [3.63, 3.8) is 0 Å². The van der Waals surface area contributed by atoms with Crippen molar-refractivity contribution in [3.8, 4) is 5.75 Å². The minimum absolute atomic E-state index is 0.145. The zero-order chi connectivity index (χ0) is 16.9. The van der Waals surface area contributed by atoms with Gasteiger partial charge < -0.3 is 25.0 Å². The zero-order valence-electron chi connectivity index (χ0n) is 14.3. The topological polar surface area (TPSA) is 68.0 Å². The van der Waals surface area contributed by atoms with Gasteiger partial charge in [0.2, 0.25) is 5.91 Å². The molecule has 2 heterocycles. The molecule has 6 nitrogen and oxygen atoms in total. The third-order valence-corrected chi connectivity index (χ3v) is 4.61. The first kappa shape index (κ1) is 17.2. The van der Waals surface area contributed by atoms with Crippen LogP contribution in [0.25, 0.3) is 0 Å².